The summed E-state index contributed by atoms with van der Waals surface area (Å²) < 4.78 is 34.3. The fraction of sp³-hybridized carbons (Fsp3) is 0.878. The maximum absolute atomic E-state index is 13.4. The van der Waals surface area contributed by atoms with E-state index in [1.165, 1.54) is 193 Å². The van der Waals surface area contributed by atoms with E-state index < -0.39 is 124 Å². The third-order valence-electron chi connectivity index (χ3n) is 18.6. The van der Waals surface area contributed by atoms with E-state index in [0.29, 0.717) is 12.8 Å². The molecule has 1 amide bonds. The summed E-state index contributed by atoms with van der Waals surface area (Å²) in [4.78, 5) is 13.4. The van der Waals surface area contributed by atoms with Gasteiger partial charge in [0.1, 0.15) is 73.2 Å². The van der Waals surface area contributed by atoms with Crippen LogP contribution < -0.4 is 5.32 Å². The average Bonchev–Trinajstić information content (AvgIpc) is 0.815. The number of carbonyl (C=O) groups is 1. The molecule has 0 bridgehead atoms. The van der Waals surface area contributed by atoms with Crippen molar-refractivity contribution < 1.29 is 89.4 Å². The van der Waals surface area contributed by atoms with Crippen LogP contribution in [0.15, 0.2) is 48.6 Å². The van der Waals surface area contributed by atoms with Crippen LogP contribution in [0.5, 0.6) is 0 Å². The van der Waals surface area contributed by atoms with Gasteiger partial charge in [-0.1, -0.05) is 255 Å². The minimum atomic E-state index is -1.98. The SMILES string of the molecule is CCCCCCCC/C=C\CCCCCCCCCC(=O)NC(COC1OC(CO)C(OC2OC(CO)C(OC3OC(CO)C(O)C(O)C3O)C(O)C2O)C(O)C1O)C(O)/C=C/CC/C=C/CC/C=C/CCCCCCCCCCCCCCCCCCCCCCC. The topological polar surface area (TPSA) is 307 Å². The third-order valence-corrected chi connectivity index (χ3v) is 18.6. The van der Waals surface area contributed by atoms with Crippen LogP contribution in [0.25, 0.3) is 0 Å². The Morgan fingerprint density at radius 3 is 1.08 bits per heavy atom. The van der Waals surface area contributed by atoms with Gasteiger partial charge < -0.3 is 89.9 Å². The quantitative estimate of drug-likeness (QED) is 0.0199. The molecule has 3 aliphatic rings. The van der Waals surface area contributed by atoms with Crippen molar-refractivity contribution in [3.8, 4) is 0 Å². The largest absolute Gasteiger partial charge is 0.394 e. The maximum atomic E-state index is 13.4. The van der Waals surface area contributed by atoms with Gasteiger partial charge in [-0.25, -0.2) is 0 Å². The van der Waals surface area contributed by atoms with Gasteiger partial charge in [0.15, 0.2) is 18.9 Å². The molecule has 3 aliphatic heterocycles. The van der Waals surface area contributed by atoms with Gasteiger partial charge >= 0.3 is 0 Å². The zero-order chi connectivity index (χ0) is 67.5. The first kappa shape index (κ1) is 85.0. The van der Waals surface area contributed by atoms with E-state index >= 15 is 0 Å². The number of hydrogen-bond acceptors (Lipinski definition) is 18. The molecule has 0 aliphatic carbocycles. The highest BCUT2D eigenvalue weighted by Crippen LogP contribution is 2.33. The van der Waals surface area contributed by atoms with E-state index in [0.717, 1.165) is 57.8 Å². The van der Waals surface area contributed by atoms with Crippen LogP contribution in [0.2, 0.25) is 0 Å². The fourth-order valence-electron chi connectivity index (χ4n) is 12.5. The van der Waals surface area contributed by atoms with Crippen molar-refractivity contribution in [1.29, 1.82) is 0 Å². The van der Waals surface area contributed by atoms with Crippen molar-refractivity contribution >= 4 is 5.91 Å². The molecule has 3 saturated heterocycles. The number of nitrogens with one attached hydrogen (secondary N) is 1. The first-order valence-corrected chi connectivity index (χ1v) is 37.4. The molecule has 93 heavy (non-hydrogen) atoms. The van der Waals surface area contributed by atoms with E-state index in [1.807, 2.05) is 6.08 Å². The molecule has 0 radical (unpaired) electrons. The minimum absolute atomic E-state index is 0.227. The summed E-state index contributed by atoms with van der Waals surface area (Å²) in [7, 11) is 0. The van der Waals surface area contributed by atoms with Crippen LogP contribution in [-0.2, 0) is 33.2 Å². The molecule has 0 aromatic heterocycles. The standard InChI is InChI=1S/C74H135NO18/c1-3-5-7-9-11-13-15-17-19-21-22-23-24-25-26-27-28-29-30-31-32-33-34-36-37-39-41-43-45-47-49-51-58(79)57(75-62(80)52-50-48-46-44-42-40-38-35-20-18-16-14-12-10-8-6-4-2)56-88-72-68(86)65(83)70(60(54-77)90-72)93-74-69(87)66(84)71(61(55-78)91-74)92-73-67(85)64(82)63(81)59(53-76)89-73/h18,20,34,36,41,43,49,51,57-61,63-74,76-79,81-87H,3-17,19,21-33,35,37-40,42,44-48,50,52-56H2,1-2H3,(H,75,80)/b20-18-,36-34+,43-41+,51-49+. The molecule has 0 aromatic rings. The summed E-state index contributed by atoms with van der Waals surface area (Å²) in [5, 5.41) is 121. The molecule has 3 fully saturated rings. The van der Waals surface area contributed by atoms with Crippen molar-refractivity contribution in [3.05, 3.63) is 48.6 Å². The zero-order valence-electron chi connectivity index (χ0n) is 57.7. The van der Waals surface area contributed by atoms with E-state index in [9.17, 15) is 61.0 Å². The summed E-state index contributed by atoms with van der Waals surface area (Å²) in [6, 6.07) is -1.00. The van der Waals surface area contributed by atoms with Crippen LogP contribution >= 0.6 is 0 Å². The van der Waals surface area contributed by atoms with Gasteiger partial charge in [0.2, 0.25) is 5.91 Å². The number of aliphatic hydroxyl groups excluding tert-OH is 11. The van der Waals surface area contributed by atoms with Crippen LogP contribution in [0, 0.1) is 0 Å². The summed E-state index contributed by atoms with van der Waals surface area (Å²) in [5.41, 5.74) is 0. The second-order valence-electron chi connectivity index (χ2n) is 26.7. The lowest BCUT2D eigenvalue weighted by Gasteiger charge is -2.48. The molecule has 0 saturated carbocycles. The Labute approximate surface area is 561 Å². The molecule has 3 heterocycles. The second-order valence-corrected chi connectivity index (χ2v) is 26.7. The first-order chi connectivity index (χ1) is 45.3. The number of ether oxygens (including phenoxy) is 6. The van der Waals surface area contributed by atoms with E-state index in [-0.39, 0.29) is 18.9 Å². The highest BCUT2D eigenvalue weighted by Gasteiger charge is 2.53. The number of carbonyl (C=O) groups excluding carboxylic acids is 1. The Morgan fingerprint density at radius 1 is 0.376 bits per heavy atom. The van der Waals surface area contributed by atoms with Crippen molar-refractivity contribution in [1.82, 2.24) is 5.32 Å². The summed E-state index contributed by atoms with van der Waals surface area (Å²) >= 11 is 0. The second kappa shape index (κ2) is 55.6. The van der Waals surface area contributed by atoms with Gasteiger partial charge in [-0.2, -0.15) is 0 Å². The van der Waals surface area contributed by atoms with Crippen LogP contribution in [0.1, 0.15) is 284 Å². The first-order valence-electron chi connectivity index (χ1n) is 37.4. The third kappa shape index (κ3) is 37.0. The smallest absolute Gasteiger partial charge is 0.220 e. The Bertz CT molecular complexity index is 1870. The number of unbranched alkanes of at least 4 members (excludes halogenated alkanes) is 36. The lowest BCUT2D eigenvalue weighted by molar-refractivity contribution is -0.379. The number of hydrogen-bond donors (Lipinski definition) is 12. The molecule has 0 spiro atoms. The number of amides is 1. The summed E-state index contributed by atoms with van der Waals surface area (Å²) in [6.45, 7) is 1.72. The molecule has 17 atom stereocenters. The van der Waals surface area contributed by atoms with Crippen molar-refractivity contribution in [2.75, 3.05) is 26.4 Å². The lowest BCUT2D eigenvalue weighted by atomic mass is 9.96. The Balaban J connectivity index is 1.41. The number of rotatable bonds is 58. The normalized spacial score (nSPS) is 27.8. The van der Waals surface area contributed by atoms with Crippen molar-refractivity contribution in [3.63, 3.8) is 0 Å². The van der Waals surface area contributed by atoms with E-state index in [1.54, 1.807) is 6.08 Å². The van der Waals surface area contributed by atoms with Gasteiger partial charge in [0.25, 0.3) is 0 Å². The molecule has 17 unspecified atom stereocenters. The molecular formula is C74H135NO18. The van der Waals surface area contributed by atoms with Crippen molar-refractivity contribution in [2.24, 2.45) is 0 Å². The molecular weight excluding hydrogens is 1190 g/mol. The van der Waals surface area contributed by atoms with Crippen LogP contribution in [0.4, 0.5) is 0 Å². The summed E-state index contributed by atoms with van der Waals surface area (Å²) in [5.74, 6) is -0.293. The highest BCUT2D eigenvalue weighted by molar-refractivity contribution is 5.76. The van der Waals surface area contributed by atoms with Crippen LogP contribution in [-0.4, -0.2) is 193 Å². The Kier molecular flexibility index (Phi) is 50.8. The maximum Gasteiger partial charge on any atom is 0.220 e. The Hall–Kier alpha value is -2.25. The van der Waals surface area contributed by atoms with Gasteiger partial charge in [-0.3, -0.25) is 4.79 Å². The molecule has 544 valence electrons. The number of allylic oxidation sites excluding steroid dienone is 7. The molecule has 3 rings (SSSR count). The monoisotopic (exact) mass is 1330 g/mol. The van der Waals surface area contributed by atoms with Crippen molar-refractivity contribution in [2.45, 2.75) is 388 Å². The predicted molar refractivity (Wildman–Crippen MR) is 365 cm³/mol. The molecule has 19 nitrogen and oxygen atoms in total. The molecule has 12 N–H and O–H groups in total. The fourth-order valence-corrected chi connectivity index (χ4v) is 12.5. The average molecular weight is 1330 g/mol. The van der Waals surface area contributed by atoms with Gasteiger partial charge in [-0.05, 0) is 70.6 Å². The van der Waals surface area contributed by atoms with E-state index in [4.69, 9.17) is 28.4 Å². The van der Waals surface area contributed by atoms with Gasteiger partial charge in [0, 0.05) is 6.42 Å². The highest BCUT2D eigenvalue weighted by atomic mass is 16.8. The minimum Gasteiger partial charge on any atom is -0.394 e. The molecule has 0 aromatic carbocycles. The zero-order valence-corrected chi connectivity index (χ0v) is 57.7. The predicted octanol–water partition coefficient (Wildman–Crippen LogP) is 10.9. The Morgan fingerprint density at radius 2 is 0.688 bits per heavy atom. The summed E-state index contributed by atoms with van der Waals surface area (Å²) in [6.07, 6.45) is 41.1. The van der Waals surface area contributed by atoms with E-state index in [2.05, 4.69) is 55.6 Å². The van der Waals surface area contributed by atoms with Crippen LogP contribution in [0.3, 0.4) is 0 Å². The van der Waals surface area contributed by atoms with Gasteiger partial charge in [0.05, 0.1) is 38.6 Å². The lowest BCUT2D eigenvalue weighted by Crippen LogP contribution is -2.66. The number of aliphatic hydroxyl groups is 11. The molecule has 19 heteroatoms. The van der Waals surface area contributed by atoms with Gasteiger partial charge in [-0.15, -0.1) is 0 Å².